The second-order valence-electron chi connectivity index (χ2n) is 1.53. The van der Waals surface area contributed by atoms with Gasteiger partial charge in [-0.2, -0.15) is 0 Å². The first-order valence-electron chi connectivity index (χ1n) is 2.24. The number of rotatable bonds is 3. The van der Waals surface area contributed by atoms with E-state index >= 15 is 0 Å². The molecule has 0 heterocycles. The van der Waals surface area contributed by atoms with Crippen molar-refractivity contribution in [1.82, 2.24) is 0 Å². The van der Waals surface area contributed by atoms with Crippen LogP contribution in [0, 0.1) is 0 Å². The van der Waals surface area contributed by atoms with E-state index in [-0.39, 0.29) is 17.1 Å². The van der Waals surface area contributed by atoms with Crippen LogP contribution in [0.25, 0.3) is 0 Å². The molecule has 0 aliphatic heterocycles. The van der Waals surface area contributed by atoms with Gasteiger partial charge < -0.3 is 30.0 Å². The number of carbonyl (C=O) groups excluding carboxylic acids is 2. The Morgan fingerprint density at radius 3 is 1.27 bits per heavy atom. The van der Waals surface area contributed by atoms with Gasteiger partial charge in [0.15, 0.2) is 0 Å². The third-order valence-corrected chi connectivity index (χ3v) is 0.782. The van der Waals surface area contributed by atoms with Crippen LogP contribution in [0.2, 0.25) is 0 Å². The third kappa shape index (κ3) is 3.94. The molecule has 0 aliphatic rings. The zero-order chi connectivity index (χ0) is 8.31. The maximum absolute atomic E-state index is 9.63. The zero-order valence-corrected chi connectivity index (χ0v) is 6.80. The molecule has 11 heavy (non-hydrogen) atoms. The van der Waals surface area contributed by atoms with E-state index in [0.717, 1.165) is 0 Å². The average Bonchev–Trinajstić information content (AvgIpc) is 1.84. The summed E-state index contributed by atoms with van der Waals surface area (Å²) in [6.07, 6.45) is -4.88. The van der Waals surface area contributed by atoms with E-state index in [9.17, 15) is 19.8 Å². The minimum Gasteiger partial charge on any atom is -0.547 e. The summed E-state index contributed by atoms with van der Waals surface area (Å²) in [5.74, 6) is -4.12. The van der Waals surface area contributed by atoms with E-state index < -0.39 is 24.1 Å². The van der Waals surface area contributed by atoms with E-state index in [1.807, 2.05) is 0 Å². The van der Waals surface area contributed by atoms with Crippen molar-refractivity contribution in [1.29, 1.82) is 0 Å². The molecule has 0 aliphatic carbocycles. The summed E-state index contributed by atoms with van der Waals surface area (Å²) in [5, 5.41) is 35.7. The quantitative estimate of drug-likeness (QED) is 0.465. The van der Waals surface area contributed by atoms with Gasteiger partial charge in [-0.3, -0.25) is 0 Å². The molecule has 0 fully saturated rings. The largest absolute Gasteiger partial charge is 2.00 e. The van der Waals surface area contributed by atoms with Crippen LogP contribution in [-0.2, 0) is 9.59 Å². The van der Waals surface area contributed by atoms with Crippen LogP contribution >= 0.6 is 0 Å². The molecule has 2 unspecified atom stereocenters. The Morgan fingerprint density at radius 1 is 1.00 bits per heavy atom. The van der Waals surface area contributed by atoms with Crippen LogP contribution < -0.4 is 10.2 Å². The third-order valence-electron chi connectivity index (χ3n) is 0.782. The molecule has 0 amide bonds. The smallest absolute Gasteiger partial charge is 0.547 e. The van der Waals surface area contributed by atoms with E-state index in [0.29, 0.717) is 0 Å². The predicted octanol–water partition coefficient (Wildman–Crippen LogP) is -5.17. The Morgan fingerprint density at radius 2 is 1.18 bits per heavy atom. The minimum absolute atomic E-state index is 0. The van der Waals surface area contributed by atoms with Gasteiger partial charge in [0.05, 0.1) is 11.9 Å². The van der Waals surface area contributed by atoms with Crippen molar-refractivity contribution in [3.8, 4) is 0 Å². The summed E-state index contributed by atoms with van der Waals surface area (Å²) >= 11 is 0. The van der Waals surface area contributed by atoms with Crippen molar-refractivity contribution in [3.05, 3.63) is 0 Å². The molecule has 0 bridgehead atoms. The molecule has 0 saturated carbocycles. The Balaban J connectivity index is 0. The number of carbonyl (C=O) groups is 2. The molecule has 0 spiro atoms. The van der Waals surface area contributed by atoms with Crippen LogP contribution in [0.3, 0.4) is 0 Å². The van der Waals surface area contributed by atoms with E-state index in [4.69, 9.17) is 10.2 Å². The molecule has 4 radical (unpaired) electrons. The van der Waals surface area contributed by atoms with Crippen LogP contribution in [-0.4, -0.2) is 51.4 Å². The molecule has 2 atom stereocenters. The molecule has 62 valence electrons. The number of aliphatic hydroxyl groups is 2. The van der Waals surface area contributed by atoms with Crippen LogP contribution in [0.15, 0.2) is 0 Å². The van der Waals surface area contributed by atoms with Gasteiger partial charge in [-0.15, -0.1) is 0 Å². The molecule has 0 rings (SSSR count). The molecule has 7 heteroatoms. The molecular formula is C4H4O6Se. The fraction of sp³-hybridized carbons (Fsp3) is 0.500. The summed E-state index contributed by atoms with van der Waals surface area (Å²) in [5.41, 5.74) is 0. The van der Waals surface area contributed by atoms with Gasteiger partial charge in [0.1, 0.15) is 12.2 Å². The second kappa shape index (κ2) is 5.09. The number of carboxylic acids is 2. The van der Waals surface area contributed by atoms with Gasteiger partial charge in [0.25, 0.3) is 0 Å². The van der Waals surface area contributed by atoms with Gasteiger partial charge in [0.2, 0.25) is 0 Å². The van der Waals surface area contributed by atoms with Crippen molar-refractivity contribution in [2.24, 2.45) is 0 Å². The van der Waals surface area contributed by atoms with Gasteiger partial charge in [-0.1, -0.05) is 0 Å². The van der Waals surface area contributed by atoms with Crippen molar-refractivity contribution in [2.45, 2.75) is 12.2 Å². The summed E-state index contributed by atoms with van der Waals surface area (Å²) in [6.45, 7) is 0. The SMILES string of the molecule is O=C([O-])C(O)C(O)C(=O)[O-].[Se+2]. The number of aliphatic hydroxyl groups excluding tert-OH is 2. The molecule has 0 saturated heterocycles. The van der Waals surface area contributed by atoms with Crippen LogP contribution in [0.1, 0.15) is 0 Å². The molecule has 0 aromatic heterocycles. The molecule has 6 nitrogen and oxygen atoms in total. The number of aliphatic carboxylic acids is 2. The first kappa shape index (κ1) is 13.0. The van der Waals surface area contributed by atoms with Gasteiger partial charge in [0, 0.05) is 0 Å². The van der Waals surface area contributed by atoms with E-state index in [1.165, 1.54) is 0 Å². The predicted molar refractivity (Wildman–Crippen MR) is 27.8 cm³/mol. The first-order valence-corrected chi connectivity index (χ1v) is 2.24. The van der Waals surface area contributed by atoms with Crippen molar-refractivity contribution in [2.75, 3.05) is 0 Å². The molecule has 0 aromatic rings. The van der Waals surface area contributed by atoms with E-state index in [2.05, 4.69) is 0 Å². The average molecular weight is 227 g/mol. The van der Waals surface area contributed by atoms with Crippen molar-refractivity contribution in [3.63, 3.8) is 0 Å². The van der Waals surface area contributed by atoms with Crippen molar-refractivity contribution < 1.29 is 30.0 Å². The summed E-state index contributed by atoms with van der Waals surface area (Å²) < 4.78 is 0. The van der Waals surface area contributed by atoms with E-state index in [1.54, 1.807) is 0 Å². The van der Waals surface area contributed by atoms with Gasteiger partial charge in [-0.05, 0) is 0 Å². The fourth-order valence-electron chi connectivity index (χ4n) is 0.258. The second-order valence-corrected chi connectivity index (χ2v) is 1.53. The summed E-state index contributed by atoms with van der Waals surface area (Å²) in [7, 11) is 0. The molecule has 2 N–H and O–H groups in total. The Kier molecular flexibility index (Phi) is 6.01. The number of carboxylic acid groups (broad SMARTS) is 2. The summed E-state index contributed by atoms with van der Waals surface area (Å²) in [4.78, 5) is 19.3. The maximum Gasteiger partial charge on any atom is 2.00 e. The van der Waals surface area contributed by atoms with Crippen molar-refractivity contribution >= 4 is 29.0 Å². The first-order chi connectivity index (χ1) is 4.46. The minimum atomic E-state index is -2.44. The molecule has 0 aromatic carbocycles. The zero-order valence-electron chi connectivity index (χ0n) is 5.09. The number of hydrogen-bond donors (Lipinski definition) is 2. The van der Waals surface area contributed by atoms with Crippen LogP contribution in [0.5, 0.6) is 0 Å². The normalized spacial score (nSPS) is 14.4. The monoisotopic (exact) mass is 228 g/mol. The number of hydrogen-bond acceptors (Lipinski definition) is 6. The maximum atomic E-state index is 9.63. The Bertz CT molecular complexity index is 139. The molecular weight excluding hydrogens is 223 g/mol. The summed E-state index contributed by atoms with van der Waals surface area (Å²) in [6, 6.07) is 0. The topological polar surface area (TPSA) is 121 Å². The van der Waals surface area contributed by atoms with Crippen LogP contribution in [0.4, 0.5) is 0 Å². The Hall–Kier alpha value is -0.621. The van der Waals surface area contributed by atoms with Gasteiger partial charge in [-0.25, -0.2) is 0 Å². The fourth-order valence-corrected chi connectivity index (χ4v) is 0.258. The van der Waals surface area contributed by atoms with Gasteiger partial charge >= 0.3 is 17.1 Å². The Labute approximate surface area is 71.9 Å². The standard InChI is InChI=1S/C4H6O6.Se/c5-1(3(7)8)2(6)4(9)10;/h1-2,5-6H,(H,7,8)(H,9,10);/q;+2/p-2.